The van der Waals surface area contributed by atoms with Crippen LogP contribution in [0.15, 0.2) is 33.6 Å². The molecule has 0 spiro atoms. The van der Waals surface area contributed by atoms with Crippen LogP contribution in [-0.4, -0.2) is 25.2 Å². The molecule has 2 rings (SSSR count). The van der Waals surface area contributed by atoms with Gasteiger partial charge in [0.1, 0.15) is 0 Å². The van der Waals surface area contributed by atoms with E-state index < -0.39 is 10.0 Å². The number of nitrogens with one attached hydrogen (secondary N) is 1. The molecule has 0 bridgehead atoms. The maximum Gasteiger partial charge on any atom is 0.329 e. The highest BCUT2D eigenvalue weighted by atomic mass is 32.2. The Kier molecular flexibility index (Phi) is 3.82. The van der Waals surface area contributed by atoms with Gasteiger partial charge in [-0.25, -0.2) is 13.1 Å². The summed E-state index contributed by atoms with van der Waals surface area (Å²) < 4.78 is 31.2. The minimum absolute atomic E-state index is 0.129. The van der Waals surface area contributed by atoms with Crippen LogP contribution in [0.5, 0.6) is 0 Å². The Morgan fingerprint density at radius 3 is 2.47 bits per heavy atom. The van der Waals surface area contributed by atoms with Gasteiger partial charge < -0.3 is 10.2 Å². The van der Waals surface area contributed by atoms with Crippen molar-refractivity contribution in [3.05, 3.63) is 35.7 Å². The monoisotopic (exact) mass is 282 g/mol. The molecule has 0 amide bonds. The zero-order valence-electron chi connectivity index (χ0n) is 10.3. The van der Waals surface area contributed by atoms with Crippen LogP contribution in [-0.2, 0) is 16.4 Å². The third-order valence-electron chi connectivity index (χ3n) is 2.41. The Balaban J connectivity index is 2.19. The molecule has 0 fully saturated rings. The molecule has 0 unspecified atom stereocenters. The van der Waals surface area contributed by atoms with E-state index in [1.54, 1.807) is 19.1 Å². The minimum atomic E-state index is -3.71. The molecule has 2 aromatic rings. The molecule has 102 valence electrons. The number of hydrogen-bond donors (Lipinski definition) is 2. The molecular weight excluding hydrogens is 268 g/mol. The highest BCUT2D eigenvalue weighted by Crippen LogP contribution is 2.15. The van der Waals surface area contributed by atoms with Gasteiger partial charge in [-0.3, -0.25) is 0 Å². The Morgan fingerprint density at radius 2 is 1.95 bits per heavy atom. The van der Waals surface area contributed by atoms with Crippen LogP contribution in [0.4, 0.5) is 6.01 Å². The van der Waals surface area contributed by atoms with Crippen molar-refractivity contribution in [3.8, 4) is 0 Å². The molecule has 8 heteroatoms. The standard InChI is InChI=1S/C11H14N4O3S/c1-8-13-14-11(18-8)15-19(16,17)10-4-2-9(3-5-10)6-7-12/h2-5H,6-7,12H2,1H3,(H,14,15). The molecule has 1 heterocycles. The molecule has 0 aliphatic heterocycles. The van der Waals surface area contributed by atoms with Gasteiger partial charge in [0.25, 0.3) is 10.0 Å². The summed E-state index contributed by atoms with van der Waals surface area (Å²) >= 11 is 0. The number of benzene rings is 1. The van der Waals surface area contributed by atoms with E-state index in [0.717, 1.165) is 5.56 Å². The number of aryl methyl sites for hydroxylation is 1. The smallest absolute Gasteiger partial charge is 0.329 e. The molecule has 0 saturated heterocycles. The SMILES string of the molecule is Cc1nnc(NS(=O)(=O)c2ccc(CCN)cc2)o1. The highest BCUT2D eigenvalue weighted by molar-refractivity contribution is 7.92. The third kappa shape index (κ3) is 3.30. The predicted octanol–water partition coefficient (Wildman–Crippen LogP) is 0.680. The Morgan fingerprint density at radius 1 is 1.26 bits per heavy atom. The lowest BCUT2D eigenvalue weighted by molar-refractivity contribution is 0.534. The van der Waals surface area contributed by atoms with E-state index in [1.807, 2.05) is 0 Å². The number of anilines is 1. The van der Waals surface area contributed by atoms with E-state index in [4.69, 9.17) is 10.2 Å². The van der Waals surface area contributed by atoms with Crippen molar-refractivity contribution in [2.45, 2.75) is 18.2 Å². The van der Waals surface area contributed by atoms with Crippen LogP contribution < -0.4 is 10.5 Å². The van der Waals surface area contributed by atoms with E-state index in [-0.39, 0.29) is 16.8 Å². The van der Waals surface area contributed by atoms with Crippen molar-refractivity contribution in [2.75, 3.05) is 11.3 Å². The fourth-order valence-corrected chi connectivity index (χ4v) is 2.44. The van der Waals surface area contributed by atoms with Crippen LogP contribution >= 0.6 is 0 Å². The largest absolute Gasteiger partial charge is 0.408 e. The first-order valence-electron chi connectivity index (χ1n) is 5.63. The summed E-state index contributed by atoms with van der Waals surface area (Å²) in [5.74, 6) is 0.288. The van der Waals surface area contributed by atoms with E-state index in [2.05, 4.69) is 14.9 Å². The first kappa shape index (κ1) is 13.5. The molecule has 0 radical (unpaired) electrons. The lowest BCUT2D eigenvalue weighted by Gasteiger charge is -2.05. The first-order chi connectivity index (χ1) is 9.01. The second-order valence-electron chi connectivity index (χ2n) is 3.91. The topological polar surface area (TPSA) is 111 Å². The second kappa shape index (κ2) is 5.37. The Hall–Kier alpha value is -1.93. The lowest BCUT2D eigenvalue weighted by atomic mass is 10.2. The second-order valence-corrected chi connectivity index (χ2v) is 5.60. The maximum atomic E-state index is 12.0. The molecule has 0 aliphatic rings. The number of hydrogen-bond acceptors (Lipinski definition) is 6. The van der Waals surface area contributed by atoms with Gasteiger partial charge >= 0.3 is 6.01 Å². The molecule has 19 heavy (non-hydrogen) atoms. The van der Waals surface area contributed by atoms with Gasteiger partial charge in [-0.05, 0) is 30.7 Å². The van der Waals surface area contributed by atoms with Gasteiger partial charge in [0.05, 0.1) is 4.90 Å². The van der Waals surface area contributed by atoms with Crippen LogP contribution in [0.2, 0.25) is 0 Å². The summed E-state index contributed by atoms with van der Waals surface area (Å²) in [6.45, 7) is 2.10. The highest BCUT2D eigenvalue weighted by Gasteiger charge is 2.17. The molecule has 0 saturated carbocycles. The average Bonchev–Trinajstić information content (AvgIpc) is 2.75. The van der Waals surface area contributed by atoms with Crippen LogP contribution in [0.1, 0.15) is 11.5 Å². The fraction of sp³-hybridized carbons (Fsp3) is 0.273. The molecule has 1 aromatic heterocycles. The summed E-state index contributed by atoms with van der Waals surface area (Å²) in [4.78, 5) is 0.129. The van der Waals surface area contributed by atoms with Gasteiger partial charge in [-0.2, -0.15) is 0 Å². The third-order valence-corrected chi connectivity index (χ3v) is 3.75. The Bertz CT molecular complexity index is 649. The summed E-state index contributed by atoms with van der Waals surface area (Å²) in [5, 5.41) is 7.13. The molecule has 0 aliphatic carbocycles. The maximum absolute atomic E-state index is 12.0. The van der Waals surface area contributed by atoms with E-state index in [9.17, 15) is 8.42 Å². The number of aromatic nitrogens is 2. The molecule has 7 nitrogen and oxygen atoms in total. The van der Waals surface area contributed by atoms with Gasteiger partial charge in [-0.15, -0.1) is 5.10 Å². The van der Waals surface area contributed by atoms with Crippen molar-refractivity contribution in [1.29, 1.82) is 0 Å². The number of sulfonamides is 1. The van der Waals surface area contributed by atoms with Crippen LogP contribution in [0.25, 0.3) is 0 Å². The van der Waals surface area contributed by atoms with Crippen LogP contribution in [0.3, 0.4) is 0 Å². The fourth-order valence-electron chi connectivity index (χ4n) is 1.51. The molecule has 1 aromatic carbocycles. The van der Waals surface area contributed by atoms with E-state index in [1.165, 1.54) is 12.1 Å². The summed E-state index contributed by atoms with van der Waals surface area (Å²) in [6, 6.07) is 6.32. The van der Waals surface area contributed by atoms with Gasteiger partial charge in [0.15, 0.2) is 0 Å². The normalized spacial score (nSPS) is 11.5. The van der Waals surface area contributed by atoms with Crippen molar-refractivity contribution >= 4 is 16.0 Å². The zero-order chi connectivity index (χ0) is 13.9. The molecule has 3 N–H and O–H groups in total. The predicted molar refractivity (Wildman–Crippen MR) is 69.0 cm³/mol. The number of rotatable bonds is 5. The molecule has 0 atom stereocenters. The van der Waals surface area contributed by atoms with Gasteiger partial charge in [0.2, 0.25) is 5.89 Å². The summed E-state index contributed by atoms with van der Waals surface area (Å²) in [5.41, 5.74) is 6.41. The zero-order valence-corrected chi connectivity index (χ0v) is 11.1. The van der Waals surface area contributed by atoms with E-state index in [0.29, 0.717) is 13.0 Å². The van der Waals surface area contributed by atoms with Gasteiger partial charge in [0, 0.05) is 6.92 Å². The minimum Gasteiger partial charge on any atom is -0.408 e. The van der Waals surface area contributed by atoms with Crippen molar-refractivity contribution < 1.29 is 12.8 Å². The quantitative estimate of drug-likeness (QED) is 0.834. The van der Waals surface area contributed by atoms with Crippen molar-refractivity contribution in [2.24, 2.45) is 5.73 Å². The van der Waals surface area contributed by atoms with Crippen LogP contribution in [0, 0.1) is 6.92 Å². The lowest BCUT2D eigenvalue weighted by Crippen LogP contribution is -2.13. The van der Waals surface area contributed by atoms with E-state index >= 15 is 0 Å². The van der Waals surface area contributed by atoms with Gasteiger partial charge in [-0.1, -0.05) is 17.2 Å². The first-order valence-corrected chi connectivity index (χ1v) is 7.11. The molecular formula is C11H14N4O3S. The Labute approximate surface area is 110 Å². The average molecular weight is 282 g/mol. The summed E-state index contributed by atoms with van der Waals surface area (Å²) in [6.07, 6.45) is 0.705. The van der Waals surface area contributed by atoms with Crippen molar-refractivity contribution in [1.82, 2.24) is 10.2 Å². The number of nitrogens with zero attached hydrogens (tertiary/aromatic N) is 2. The summed E-state index contributed by atoms with van der Waals surface area (Å²) in [7, 11) is -3.71. The van der Waals surface area contributed by atoms with Crippen molar-refractivity contribution in [3.63, 3.8) is 0 Å². The number of nitrogens with two attached hydrogens (primary N) is 1.